The number of carbonyl (C=O) groups is 2. The third-order valence-corrected chi connectivity index (χ3v) is 4.99. The standard InChI is InChI=1S/C28H27N3O4/c1-4-34-26-16-21(11-13-25(26)35-18-27(32)30-23-8-6-5-7-9-23)15-22(17-29)28(33)31-24-12-10-19(2)14-20(24)3/h5-16H,4,18H2,1-3H3,(H,30,32)(H,31,33)/b22-15+. The van der Waals surface area contributed by atoms with Gasteiger partial charge in [0, 0.05) is 11.4 Å². The summed E-state index contributed by atoms with van der Waals surface area (Å²) in [6.07, 6.45) is 1.48. The highest BCUT2D eigenvalue weighted by atomic mass is 16.5. The quantitative estimate of drug-likeness (QED) is 0.329. The molecule has 0 unspecified atom stereocenters. The Hall–Kier alpha value is -4.57. The number of rotatable bonds is 9. The first-order chi connectivity index (χ1) is 16.9. The van der Waals surface area contributed by atoms with Crippen molar-refractivity contribution in [3.05, 3.63) is 89.0 Å². The number of hydrogen-bond donors (Lipinski definition) is 2. The molecule has 0 saturated carbocycles. The van der Waals surface area contributed by atoms with Crippen LogP contribution in [0.1, 0.15) is 23.6 Å². The van der Waals surface area contributed by atoms with Crippen molar-refractivity contribution in [3.63, 3.8) is 0 Å². The zero-order valence-corrected chi connectivity index (χ0v) is 19.9. The van der Waals surface area contributed by atoms with E-state index in [0.717, 1.165) is 11.1 Å². The third-order valence-electron chi connectivity index (χ3n) is 4.99. The molecule has 0 aliphatic rings. The van der Waals surface area contributed by atoms with E-state index in [4.69, 9.17) is 9.47 Å². The molecule has 35 heavy (non-hydrogen) atoms. The number of amides is 2. The first-order valence-corrected chi connectivity index (χ1v) is 11.1. The lowest BCUT2D eigenvalue weighted by Gasteiger charge is -2.13. The first-order valence-electron chi connectivity index (χ1n) is 11.1. The smallest absolute Gasteiger partial charge is 0.266 e. The minimum absolute atomic E-state index is 0.0525. The summed E-state index contributed by atoms with van der Waals surface area (Å²) < 4.78 is 11.3. The van der Waals surface area contributed by atoms with Crippen molar-refractivity contribution in [2.75, 3.05) is 23.8 Å². The van der Waals surface area contributed by atoms with Gasteiger partial charge >= 0.3 is 0 Å². The summed E-state index contributed by atoms with van der Waals surface area (Å²) >= 11 is 0. The second kappa shape index (κ2) is 12.1. The van der Waals surface area contributed by atoms with Crippen LogP contribution in [0.3, 0.4) is 0 Å². The summed E-state index contributed by atoms with van der Waals surface area (Å²) in [5, 5.41) is 15.1. The van der Waals surface area contributed by atoms with Crippen LogP contribution in [0.2, 0.25) is 0 Å². The van der Waals surface area contributed by atoms with Gasteiger partial charge in [-0.2, -0.15) is 5.26 Å². The van der Waals surface area contributed by atoms with Crippen molar-refractivity contribution in [2.24, 2.45) is 0 Å². The topological polar surface area (TPSA) is 100 Å². The maximum atomic E-state index is 12.7. The largest absolute Gasteiger partial charge is 0.490 e. The van der Waals surface area contributed by atoms with Crippen LogP contribution in [-0.2, 0) is 9.59 Å². The van der Waals surface area contributed by atoms with Gasteiger partial charge in [0.25, 0.3) is 11.8 Å². The summed E-state index contributed by atoms with van der Waals surface area (Å²) in [7, 11) is 0. The van der Waals surface area contributed by atoms with Crippen molar-refractivity contribution in [2.45, 2.75) is 20.8 Å². The average molecular weight is 470 g/mol. The molecule has 0 aromatic heterocycles. The predicted octanol–water partition coefficient (Wildman–Crippen LogP) is 5.27. The van der Waals surface area contributed by atoms with Gasteiger partial charge in [-0.3, -0.25) is 9.59 Å². The highest BCUT2D eigenvalue weighted by Crippen LogP contribution is 2.29. The molecule has 0 aliphatic heterocycles. The average Bonchev–Trinajstić information content (AvgIpc) is 2.84. The molecule has 0 aliphatic carbocycles. The molecular formula is C28H27N3O4. The predicted molar refractivity (Wildman–Crippen MR) is 136 cm³/mol. The van der Waals surface area contributed by atoms with Crippen LogP contribution in [0, 0.1) is 25.2 Å². The van der Waals surface area contributed by atoms with E-state index in [0.29, 0.717) is 35.0 Å². The van der Waals surface area contributed by atoms with E-state index < -0.39 is 5.91 Å². The van der Waals surface area contributed by atoms with E-state index in [1.165, 1.54) is 6.08 Å². The molecule has 0 spiro atoms. The van der Waals surface area contributed by atoms with E-state index >= 15 is 0 Å². The fourth-order valence-corrected chi connectivity index (χ4v) is 3.32. The zero-order valence-electron chi connectivity index (χ0n) is 19.9. The van der Waals surface area contributed by atoms with Crippen molar-refractivity contribution < 1.29 is 19.1 Å². The van der Waals surface area contributed by atoms with Crippen LogP contribution in [0.15, 0.2) is 72.3 Å². The van der Waals surface area contributed by atoms with Gasteiger partial charge in [-0.15, -0.1) is 0 Å². The molecule has 3 aromatic carbocycles. The van der Waals surface area contributed by atoms with Crippen LogP contribution in [-0.4, -0.2) is 25.0 Å². The molecule has 7 heteroatoms. The maximum absolute atomic E-state index is 12.7. The second-order valence-corrected chi connectivity index (χ2v) is 7.78. The molecule has 0 fully saturated rings. The molecule has 0 bridgehead atoms. The Morgan fingerprint density at radius 3 is 2.40 bits per heavy atom. The summed E-state index contributed by atoms with van der Waals surface area (Å²) in [4.78, 5) is 24.9. The number of para-hydroxylation sites is 1. The van der Waals surface area contributed by atoms with Gasteiger partial charge in [0.2, 0.25) is 0 Å². The van der Waals surface area contributed by atoms with Crippen LogP contribution in [0.25, 0.3) is 6.08 Å². The lowest BCUT2D eigenvalue weighted by Crippen LogP contribution is -2.20. The monoisotopic (exact) mass is 469 g/mol. The Balaban J connectivity index is 1.72. The lowest BCUT2D eigenvalue weighted by molar-refractivity contribution is -0.118. The van der Waals surface area contributed by atoms with Crippen molar-refractivity contribution in [3.8, 4) is 17.6 Å². The van der Waals surface area contributed by atoms with Crippen molar-refractivity contribution >= 4 is 29.3 Å². The normalized spacial score (nSPS) is 10.7. The Morgan fingerprint density at radius 1 is 0.943 bits per heavy atom. The van der Waals surface area contributed by atoms with Gasteiger partial charge in [-0.05, 0) is 68.3 Å². The number of anilines is 2. The number of ether oxygens (including phenoxy) is 2. The summed E-state index contributed by atoms with van der Waals surface area (Å²) in [6.45, 7) is 5.86. The third kappa shape index (κ3) is 7.21. The molecule has 2 amide bonds. The number of nitrogens with one attached hydrogen (secondary N) is 2. The van der Waals surface area contributed by atoms with E-state index in [9.17, 15) is 14.9 Å². The summed E-state index contributed by atoms with van der Waals surface area (Å²) in [6, 6.07) is 21.7. The molecule has 0 atom stereocenters. The Labute approximate surface area is 205 Å². The summed E-state index contributed by atoms with van der Waals surface area (Å²) in [5.41, 5.74) is 3.85. The first kappa shape index (κ1) is 25.1. The Morgan fingerprint density at radius 2 is 1.71 bits per heavy atom. The fourth-order valence-electron chi connectivity index (χ4n) is 3.32. The molecule has 0 heterocycles. The van der Waals surface area contributed by atoms with E-state index in [1.807, 2.05) is 63.2 Å². The Bertz CT molecular complexity index is 1280. The van der Waals surface area contributed by atoms with E-state index in [1.54, 1.807) is 30.3 Å². The molecule has 0 radical (unpaired) electrons. The van der Waals surface area contributed by atoms with Crippen LogP contribution < -0.4 is 20.1 Å². The molecule has 3 aromatic rings. The van der Waals surface area contributed by atoms with Gasteiger partial charge in [-0.25, -0.2) is 0 Å². The highest BCUT2D eigenvalue weighted by molar-refractivity contribution is 6.10. The van der Waals surface area contributed by atoms with Gasteiger partial charge < -0.3 is 20.1 Å². The van der Waals surface area contributed by atoms with Gasteiger partial charge in [0.1, 0.15) is 11.6 Å². The van der Waals surface area contributed by atoms with Crippen molar-refractivity contribution in [1.82, 2.24) is 0 Å². The summed E-state index contributed by atoms with van der Waals surface area (Å²) in [5.74, 6) is -0.0286. The van der Waals surface area contributed by atoms with Crippen LogP contribution in [0.5, 0.6) is 11.5 Å². The van der Waals surface area contributed by atoms with E-state index in [-0.39, 0.29) is 18.1 Å². The molecular weight excluding hydrogens is 442 g/mol. The number of benzene rings is 3. The Kier molecular flexibility index (Phi) is 8.63. The molecule has 3 rings (SSSR count). The number of carbonyl (C=O) groups excluding carboxylic acids is 2. The molecule has 0 saturated heterocycles. The molecule has 178 valence electrons. The van der Waals surface area contributed by atoms with Gasteiger partial charge in [0.05, 0.1) is 6.61 Å². The molecule has 7 nitrogen and oxygen atoms in total. The maximum Gasteiger partial charge on any atom is 0.266 e. The van der Waals surface area contributed by atoms with Crippen LogP contribution in [0.4, 0.5) is 11.4 Å². The van der Waals surface area contributed by atoms with E-state index in [2.05, 4.69) is 10.6 Å². The van der Waals surface area contributed by atoms with Crippen LogP contribution >= 0.6 is 0 Å². The minimum Gasteiger partial charge on any atom is -0.490 e. The lowest BCUT2D eigenvalue weighted by atomic mass is 10.1. The SMILES string of the molecule is CCOc1cc(/C=C(\C#N)C(=O)Nc2ccc(C)cc2C)ccc1OCC(=O)Nc1ccccc1. The van der Waals surface area contributed by atoms with Gasteiger partial charge in [0.15, 0.2) is 18.1 Å². The zero-order chi connectivity index (χ0) is 25.2. The minimum atomic E-state index is -0.504. The second-order valence-electron chi connectivity index (χ2n) is 7.78. The highest BCUT2D eigenvalue weighted by Gasteiger charge is 2.13. The number of hydrogen-bond acceptors (Lipinski definition) is 5. The fraction of sp³-hybridized carbons (Fsp3) is 0.179. The number of nitrogens with zero attached hydrogens (tertiary/aromatic N) is 1. The van der Waals surface area contributed by atoms with Crippen molar-refractivity contribution in [1.29, 1.82) is 5.26 Å². The number of nitriles is 1. The number of aryl methyl sites for hydroxylation is 2. The van der Waals surface area contributed by atoms with Gasteiger partial charge in [-0.1, -0.05) is 42.0 Å². The molecule has 2 N–H and O–H groups in total.